The van der Waals surface area contributed by atoms with Crippen LogP contribution < -0.4 is 5.32 Å². The fraction of sp³-hybridized carbons (Fsp3) is 0.0909. The third kappa shape index (κ3) is 3.77. The van der Waals surface area contributed by atoms with E-state index < -0.39 is 0 Å². The van der Waals surface area contributed by atoms with Gasteiger partial charge in [0.2, 0.25) is 4.96 Å². The molecule has 2 aromatic carbocycles. The SMILES string of the molecule is Cc1ccc(-c2nn3c(C)nnc3s2)cc1NC(=O)c1ccc(-c2cc(Cl)ccc2Cl)o1. The van der Waals surface area contributed by atoms with E-state index in [0.717, 1.165) is 22.0 Å². The first-order chi connectivity index (χ1) is 15.4. The van der Waals surface area contributed by atoms with Crippen molar-refractivity contribution in [1.29, 1.82) is 0 Å². The van der Waals surface area contributed by atoms with Crippen LogP contribution in [0.4, 0.5) is 5.69 Å². The van der Waals surface area contributed by atoms with Crippen LogP contribution in [-0.2, 0) is 0 Å². The minimum atomic E-state index is -0.372. The molecule has 1 amide bonds. The summed E-state index contributed by atoms with van der Waals surface area (Å²) in [6, 6.07) is 14.1. The monoisotopic (exact) mass is 483 g/mol. The fourth-order valence-corrected chi connectivity index (χ4v) is 4.46. The van der Waals surface area contributed by atoms with Crippen molar-refractivity contribution in [3.05, 3.63) is 75.7 Å². The zero-order valence-corrected chi connectivity index (χ0v) is 19.2. The average Bonchev–Trinajstić information content (AvgIpc) is 3.49. The highest BCUT2D eigenvalue weighted by Gasteiger charge is 2.17. The van der Waals surface area contributed by atoms with E-state index in [1.807, 2.05) is 32.0 Å². The van der Waals surface area contributed by atoms with Crippen LogP contribution in [0, 0.1) is 13.8 Å². The first kappa shape index (κ1) is 20.7. The molecule has 5 aromatic rings. The second-order valence-corrected chi connectivity index (χ2v) is 8.92. The van der Waals surface area contributed by atoms with Crippen LogP contribution in [0.25, 0.3) is 26.9 Å². The van der Waals surface area contributed by atoms with Crippen LogP contribution in [0.5, 0.6) is 0 Å². The molecule has 0 bridgehead atoms. The zero-order valence-electron chi connectivity index (χ0n) is 16.9. The lowest BCUT2D eigenvalue weighted by molar-refractivity contribution is 0.0997. The number of carbonyl (C=O) groups is 1. The number of anilines is 1. The maximum absolute atomic E-state index is 12.9. The van der Waals surface area contributed by atoms with E-state index in [2.05, 4.69) is 20.6 Å². The highest BCUT2D eigenvalue weighted by molar-refractivity contribution is 7.19. The lowest BCUT2D eigenvalue weighted by Crippen LogP contribution is -2.11. The molecule has 32 heavy (non-hydrogen) atoms. The molecule has 0 fully saturated rings. The van der Waals surface area contributed by atoms with Crippen molar-refractivity contribution in [3.63, 3.8) is 0 Å². The highest BCUT2D eigenvalue weighted by Crippen LogP contribution is 2.33. The van der Waals surface area contributed by atoms with Crippen molar-refractivity contribution in [2.24, 2.45) is 0 Å². The number of carbonyl (C=O) groups excluding carboxylic acids is 1. The molecule has 3 heterocycles. The summed E-state index contributed by atoms with van der Waals surface area (Å²) in [4.78, 5) is 13.6. The molecule has 5 rings (SSSR count). The molecular weight excluding hydrogens is 469 g/mol. The summed E-state index contributed by atoms with van der Waals surface area (Å²) in [5.41, 5.74) is 3.06. The lowest BCUT2D eigenvalue weighted by atomic mass is 10.1. The number of fused-ring (bicyclic) bond motifs is 1. The molecule has 10 heteroatoms. The van der Waals surface area contributed by atoms with Gasteiger partial charge in [-0.3, -0.25) is 4.79 Å². The molecular formula is C22H15Cl2N5O2S. The van der Waals surface area contributed by atoms with Crippen LogP contribution in [0.1, 0.15) is 21.9 Å². The topological polar surface area (TPSA) is 85.3 Å². The number of nitrogens with one attached hydrogen (secondary N) is 1. The van der Waals surface area contributed by atoms with Crippen LogP contribution in [0.15, 0.2) is 52.9 Å². The predicted molar refractivity (Wildman–Crippen MR) is 126 cm³/mol. The van der Waals surface area contributed by atoms with Crippen LogP contribution in [0.3, 0.4) is 0 Å². The Kier molecular flexibility index (Phi) is 5.21. The average molecular weight is 484 g/mol. The number of hydrogen-bond acceptors (Lipinski definition) is 6. The second kappa shape index (κ2) is 8.05. The Bertz CT molecular complexity index is 1490. The summed E-state index contributed by atoms with van der Waals surface area (Å²) in [5.74, 6) is 0.971. The number of amides is 1. The molecule has 0 aliphatic rings. The van der Waals surface area contributed by atoms with Gasteiger partial charge in [0.25, 0.3) is 5.91 Å². The van der Waals surface area contributed by atoms with Gasteiger partial charge in [-0.2, -0.15) is 9.61 Å². The Morgan fingerprint density at radius 2 is 1.91 bits per heavy atom. The number of furan rings is 1. The van der Waals surface area contributed by atoms with Gasteiger partial charge < -0.3 is 9.73 Å². The van der Waals surface area contributed by atoms with Crippen molar-refractivity contribution in [2.75, 3.05) is 5.32 Å². The summed E-state index contributed by atoms with van der Waals surface area (Å²) in [5, 5.41) is 17.4. The molecule has 0 saturated carbocycles. The van der Waals surface area contributed by atoms with E-state index in [1.165, 1.54) is 11.3 Å². The Hall–Kier alpha value is -3.20. The number of aryl methyl sites for hydroxylation is 2. The van der Waals surface area contributed by atoms with Crippen molar-refractivity contribution in [1.82, 2.24) is 19.8 Å². The van der Waals surface area contributed by atoms with Crippen molar-refractivity contribution in [2.45, 2.75) is 13.8 Å². The molecule has 0 saturated heterocycles. The van der Waals surface area contributed by atoms with Gasteiger partial charge in [-0.25, -0.2) is 0 Å². The quantitative estimate of drug-likeness (QED) is 0.324. The number of nitrogens with zero attached hydrogens (tertiary/aromatic N) is 4. The maximum Gasteiger partial charge on any atom is 0.291 e. The molecule has 0 aliphatic heterocycles. The van der Waals surface area contributed by atoms with Gasteiger partial charge in [-0.1, -0.05) is 46.7 Å². The summed E-state index contributed by atoms with van der Waals surface area (Å²) >= 11 is 13.7. The molecule has 0 radical (unpaired) electrons. The predicted octanol–water partition coefficient (Wildman–Crippen LogP) is 6.29. The van der Waals surface area contributed by atoms with Crippen molar-refractivity contribution < 1.29 is 9.21 Å². The van der Waals surface area contributed by atoms with Gasteiger partial charge in [0.1, 0.15) is 10.8 Å². The smallest absolute Gasteiger partial charge is 0.291 e. The minimum Gasteiger partial charge on any atom is -0.451 e. The molecule has 160 valence electrons. The molecule has 0 aliphatic carbocycles. The van der Waals surface area contributed by atoms with E-state index in [1.54, 1.807) is 34.8 Å². The van der Waals surface area contributed by atoms with Gasteiger partial charge >= 0.3 is 0 Å². The third-order valence-corrected chi connectivity index (χ3v) is 6.42. The first-order valence-electron chi connectivity index (χ1n) is 9.55. The second-order valence-electron chi connectivity index (χ2n) is 7.12. The van der Waals surface area contributed by atoms with Gasteiger partial charge in [0.05, 0.1) is 5.02 Å². The number of halogens is 2. The van der Waals surface area contributed by atoms with Crippen LogP contribution in [0.2, 0.25) is 10.0 Å². The Morgan fingerprint density at radius 3 is 2.72 bits per heavy atom. The molecule has 1 N–H and O–H groups in total. The molecule has 0 atom stereocenters. The van der Waals surface area contributed by atoms with E-state index in [-0.39, 0.29) is 11.7 Å². The van der Waals surface area contributed by atoms with E-state index >= 15 is 0 Å². The minimum absolute atomic E-state index is 0.162. The number of hydrogen-bond donors (Lipinski definition) is 1. The van der Waals surface area contributed by atoms with Gasteiger partial charge in [0, 0.05) is 21.8 Å². The largest absolute Gasteiger partial charge is 0.451 e. The van der Waals surface area contributed by atoms with Crippen molar-refractivity contribution in [3.8, 4) is 21.9 Å². The van der Waals surface area contributed by atoms with Crippen molar-refractivity contribution >= 4 is 51.1 Å². The lowest BCUT2D eigenvalue weighted by Gasteiger charge is -2.09. The summed E-state index contributed by atoms with van der Waals surface area (Å²) in [6.45, 7) is 3.76. The summed E-state index contributed by atoms with van der Waals surface area (Å²) < 4.78 is 7.45. The fourth-order valence-electron chi connectivity index (χ4n) is 3.20. The Labute approximate surface area is 196 Å². The third-order valence-electron chi connectivity index (χ3n) is 4.90. The van der Waals surface area contributed by atoms with Crippen LogP contribution >= 0.6 is 34.5 Å². The van der Waals surface area contributed by atoms with E-state index in [0.29, 0.717) is 32.0 Å². The summed E-state index contributed by atoms with van der Waals surface area (Å²) in [7, 11) is 0. The number of benzene rings is 2. The van der Waals surface area contributed by atoms with Gasteiger partial charge in [-0.15, -0.1) is 10.2 Å². The standard InChI is InChI=1S/C22H15Cl2N5O2S/c1-11-3-4-13(21-28-29-12(2)26-27-22(29)32-21)9-17(11)25-20(30)19-8-7-18(31-19)15-10-14(23)5-6-16(15)24/h3-10H,1-2H3,(H,25,30). The van der Waals surface area contributed by atoms with Gasteiger partial charge in [0.15, 0.2) is 11.6 Å². The first-order valence-corrected chi connectivity index (χ1v) is 11.1. The highest BCUT2D eigenvalue weighted by atomic mass is 35.5. The summed E-state index contributed by atoms with van der Waals surface area (Å²) in [6.07, 6.45) is 0. The maximum atomic E-state index is 12.9. The Balaban J connectivity index is 1.41. The molecule has 3 aromatic heterocycles. The normalized spacial score (nSPS) is 11.2. The molecule has 0 spiro atoms. The Morgan fingerprint density at radius 1 is 1.06 bits per heavy atom. The van der Waals surface area contributed by atoms with Crippen LogP contribution in [-0.4, -0.2) is 25.7 Å². The zero-order chi connectivity index (χ0) is 22.4. The van der Waals surface area contributed by atoms with E-state index in [4.69, 9.17) is 27.6 Å². The number of aromatic nitrogens is 4. The van der Waals surface area contributed by atoms with E-state index in [9.17, 15) is 4.79 Å². The number of rotatable bonds is 4. The molecule has 0 unspecified atom stereocenters. The molecule has 7 nitrogen and oxygen atoms in total. The van der Waals surface area contributed by atoms with Gasteiger partial charge in [-0.05, 0) is 55.8 Å².